The molecule has 0 bridgehead atoms. The minimum Gasteiger partial charge on any atom is -0.481 e. The van der Waals surface area contributed by atoms with Crippen LogP contribution in [-0.4, -0.2) is 58.4 Å². The second-order valence-electron chi connectivity index (χ2n) is 8.90. The molecule has 36 heavy (non-hydrogen) atoms. The van der Waals surface area contributed by atoms with Crippen LogP contribution >= 0.6 is 0 Å². The standard InChI is InChI=1S/C24H25F4N3O5/c1-13(2)15-6-4-5-7-16(15)23(11-31(12-23)21(35)24(27,28)10-18(32)33)20(34)30-17-9-8-14(3)29-19(17)36-22(25)26/h4-9,13,22H,10-12H2,1-3H3,(H,30,34)(H,32,33). The monoisotopic (exact) mass is 511 g/mol. The van der Waals surface area contributed by atoms with E-state index in [4.69, 9.17) is 5.11 Å². The van der Waals surface area contributed by atoms with E-state index in [1.54, 1.807) is 24.3 Å². The van der Waals surface area contributed by atoms with Gasteiger partial charge in [-0.2, -0.15) is 17.6 Å². The number of carbonyl (C=O) groups excluding carboxylic acids is 2. The van der Waals surface area contributed by atoms with E-state index in [1.807, 2.05) is 13.8 Å². The van der Waals surface area contributed by atoms with E-state index in [-0.39, 0.29) is 11.6 Å². The molecular weight excluding hydrogens is 486 g/mol. The molecule has 3 rings (SSSR count). The van der Waals surface area contributed by atoms with Crippen molar-refractivity contribution in [3.63, 3.8) is 0 Å². The number of amides is 2. The first-order chi connectivity index (χ1) is 16.8. The van der Waals surface area contributed by atoms with Crippen LogP contribution in [0, 0.1) is 6.92 Å². The number of halogens is 4. The van der Waals surface area contributed by atoms with Crippen LogP contribution in [0.4, 0.5) is 23.2 Å². The van der Waals surface area contributed by atoms with Crippen LogP contribution in [0.2, 0.25) is 0 Å². The normalized spacial score (nSPS) is 15.0. The van der Waals surface area contributed by atoms with Gasteiger partial charge in [0.2, 0.25) is 11.8 Å². The number of alkyl halides is 4. The van der Waals surface area contributed by atoms with Crippen LogP contribution in [0.25, 0.3) is 0 Å². The number of benzene rings is 1. The van der Waals surface area contributed by atoms with Crippen molar-refractivity contribution in [1.29, 1.82) is 0 Å². The van der Waals surface area contributed by atoms with Crippen LogP contribution in [-0.2, 0) is 19.8 Å². The van der Waals surface area contributed by atoms with Gasteiger partial charge in [0.25, 0.3) is 5.91 Å². The summed E-state index contributed by atoms with van der Waals surface area (Å²) in [5.74, 6) is -9.07. The van der Waals surface area contributed by atoms with E-state index < -0.39 is 61.1 Å². The molecule has 2 amide bonds. The molecule has 1 aliphatic heterocycles. The molecular formula is C24H25F4N3O5. The van der Waals surface area contributed by atoms with Gasteiger partial charge in [0.15, 0.2) is 0 Å². The molecule has 0 aliphatic carbocycles. The molecule has 8 nitrogen and oxygen atoms in total. The summed E-state index contributed by atoms with van der Waals surface area (Å²) >= 11 is 0. The first-order valence-corrected chi connectivity index (χ1v) is 11.0. The van der Waals surface area contributed by atoms with Gasteiger partial charge in [-0.05, 0) is 36.1 Å². The van der Waals surface area contributed by atoms with E-state index >= 15 is 0 Å². The third-order valence-corrected chi connectivity index (χ3v) is 5.88. The lowest BCUT2D eigenvalue weighted by Crippen LogP contribution is -2.68. The Hall–Kier alpha value is -3.70. The molecule has 1 aliphatic rings. The highest BCUT2D eigenvalue weighted by Gasteiger charge is 2.57. The summed E-state index contributed by atoms with van der Waals surface area (Å²) in [6, 6.07) is 9.58. The zero-order valence-electron chi connectivity index (χ0n) is 19.7. The molecule has 2 N–H and O–H groups in total. The van der Waals surface area contributed by atoms with E-state index in [2.05, 4.69) is 15.0 Å². The number of nitrogens with zero attached hydrogens (tertiary/aromatic N) is 2. The van der Waals surface area contributed by atoms with Crippen molar-refractivity contribution in [3.8, 4) is 5.88 Å². The Kier molecular flexibility index (Phi) is 7.56. The third kappa shape index (κ3) is 5.42. The van der Waals surface area contributed by atoms with Gasteiger partial charge < -0.3 is 20.1 Å². The first kappa shape index (κ1) is 26.9. The summed E-state index contributed by atoms with van der Waals surface area (Å²) in [6.07, 6.45) is -1.69. The topological polar surface area (TPSA) is 109 Å². The molecule has 194 valence electrons. The van der Waals surface area contributed by atoms with Crippen molar-refractivity contribution in [3.05, 3.63) is 53.2 Å². The molecule has 1 aromatic heterocycles. The van der Waals surface area contributed by atoms with Crippen LogP contribution in [0.1, 0.15) is 43.0 Å². The van der Waals surface area contributed by atoms with Crippen LogP contribution in [0.5, 0.6) is 5.88 Å². The number of anilines is 1. The lowest BCUT2D eigenvalue weighted by atomic mass is 9.69. The largest absolute Gasteiger partial charge is 0.481 e. The number of pyridine rings is 1. The first-order valence-electron chi connectivity index (χ1n) is 11.0. The van der Waals surface area contributed by atoms with Crippen molar-refractivity contribution in [2.24, 2.45) is 0 Å². The van der Waals surface area contributed by atoms with Gasteiger partial charge in [0, 0.05) is 18.8 Å². The fraction of sp³-hybridized carbons (Fsp3) is 0.417. The number of aryl methyl sites for hydroxylation is 1. The minimum atomic E-state index is -4.16. The number of hydrogen-bond donors (Lipinski definition) is 2. The molecule has 2 aromatic rings. The van der Waals surface area contributed by atoms with Crippen molar-refractivity contribution in [2.45, 2.75) is 51.1 Å². The van der Waals surface area contributed by atoms with Crippen molar-refractivity contribution in [2.75, 3.05) is 18.4 Å². The second kappa shape index (κ2) is 10.1. The Balaban J connectivity index is 1.99. The fourth-order valence-electron chi connectivity index (χ4n) is 4.16. The predicted molar refractivity (Wildman–Crippen MR) is 120 cm³/mol. The summed E-state index contributed by atoms with van der Waals surface area (Å²) in [5.41, 5.74) is -0.122. The van der Waals surface area contributed by atoms with Crippen molar-refractivity contribution >= 4 is 23.5 Å². The van der Waals surface area contributed by atoms with Gasteiger partial charge in [-0.3, -0.25) is 14.4 Å². The Morgan fingerprint density at radius 2 is 1.81 bits per heavy atom. The van der Waals surface area contributed by atoms with E-state index in [0.29, 0.717) is 16.2 Å². The van der Waals surface area contributed by atoms with Crippen molar-refractivity contribution in [1.82, 2.24) is 9.88 Å². The molecule has 12 heteroatoms. The summed E-state index contributed by atoms with van der Waals surface area (Å²) in [5, 5.41) is 11.2. The van der Waals surface area contributed by atoms with Crippen LogP contribution in [0.3, 0.4) is 0 Å². The summed E-state index contributed by atoms with van der Waals surface area (Å²) < 4.78 is 58.6. The zero-order valence-corrected chi connectivity index (χ0v) is 19.7. The second-order valence-corrected chi connectivity index (χ2v) is 8.90. The smallest absolute Gasteiger partial charge is 0.388 e. The highest BCUT2D eigenvalue weighted by molar-refractivity contribution is 6.03. The SMILES string of the molecule is Cc1ccc(NC(=O)C2(c3ccccc3C(C)C)CN(C(=O)C(F)(F)CC(=O)O)C2)c(OC(F)F)n1. The Labute approximate surface area is 204 Å². The zero-order chi connectivity index (χ0) is 26.8. The third-order valence-electron chi connectivity index (χ3n) is 5.88. The van der Waals surface area contributed by atoms with Gasteiger partial charge in [-0.25, -0.2) is 4.98 Å². The van der Waals surface area contributed by atoms with Gasteiger partial charge in [-0.1, -0.05) is 38.1 Å². The average Bonchev–Trinajstić information content (AvgIpc) is 2.73. The summed E-state index contributed by atoms with van der Waals surface area (Å²) in [4.78, 5) is 41.4. The molecule has 2 heterocycles. The van der Waals surface area contributed by atoms with E-state index in [0.717, 1.165) is 5.56 Å². The summed E-state index contributed by atoms with van der Waals surface area (Å²) in [6.45, 7) is 1.12. The summed E-state index contributed by atoms with van der Waals surface area (Å²) in [7, 11) is 0. The molecule has 0 unspecified atom stereocenters. The molecule has 0 radical (unpaired) electrons. The van der Waals surface area contributed by atoms with E-state index in [1.165, 1.54) is 19.1 Å². The van der Waals surface area contributed by atoms with Gasteiger partial charge >= 0.3 is 18.5 Å². The maximum atomic E-state index is 14.2. The number of aliphatic carboxylic acids is 1. The van der Waals surface area contributed by atoms with Crippen LogP contribution in [0.15, 0.2) is 36.4 Å². The fourth-order valence-corrected chi connectivity index (χ4v) is 4.16. The molecule has 1 fully saturated rings. The van der Waals surface area contributed by atoms with Crippen LogP contribution < -0.4 is 10.1 Å². The van der Waals surface area contributed by atoms with Gasteiger partial charge in [0.05, 0.1) is 0 Å². The van der Waals surface area contributed by atoms with E-state index in [9.17, 15) is 31.9 Å². The Bertz CT molecular complexity index is 1170. The maximum Gasteiger partial charge on any atom is 0.388 e. The number of carboxylic acid groups (broad SMARTS) is 1. The Morgan fingerprint density at radius 3 is 2.39 bits per heavy atom. The quantitative estimate of drug-likeness (QED) is 0.494. The number of rotatable bonds is 9. The molecule has 0 saturated carbocycles. The number of carbonyl (C=O) groups is 3. The molecule has 1 saturated heterocycles. The maximum absolute atomic E-state index is 14.2. The number of likely N-dealkylation sites (tertiary alicyclic amines) is 1. The predicted octanol–water partition coefficient (Wildman–Crippen LogP) is 3.94. The Morgan fingerprint density at radius 1 is 1.17 bits per heavy atom. The molecule has 0 atom stereocenters. The average molecular weight is 511 g/mol. The highest BCUT2D eigenvalue weighted by atomic mass is 19.3. The number of aromatic nitrogens is 1. The lowest BCUT2D eigenvalue weighted by molar-refractivity contribution is -0.173. The van der Waals surface area contributed by atoms with Gasteiger partial charge in [-0.15, -0.1) is 0 Å². The number of hydrogen-bond acceptors (Lipinski definition) is 5. The lowest BCUT2D eigenvalue weighted by Gasteiger charge is -2.50. The number of carboxylic acids is 1. The highest BCUT2D eigenvalue weighted by Crippen LogP contribution is 2.42. The molecule has 0 spiro atoms. The van der Waals surface area contributed by atoms with Crippen molar-refractivity contribution < 1.29 is 41.8 Å². The number of nitrogens with one attached hydrogen (secondary N) is 1. The van der Waals surface area contributed by atoms with Gasteiger partial charge in [0.1, 0.15) is 17.5 Å². The number of ether oxygens (including phenoxy) is 1. The minimum absolute atomic E-state index is 0.0807. The molecule has 1 aromatic carbocycles.